The van der Waals surface area contributed by atoms with Crippen LogP contribution in [0.1, 0.15) is 56.2 Å². The quantitative estimate of drug-likeness (QED) is 0.679. The Labute approximate surface area is 186 Å². The first kappa shape index (κ1) is 20.3. The van der Waals surface area contributed by atoms with Gasteiger partial charge in [0.15, 0.2) is 0 Å². The summed E-state index contributed by atoms with van der Waals surface area (Å²) in [6.07, 6.45) is 4.57. The fraction of sp³-hybridized carbons (Fsp3) is 0.435. The lowest BCUT2D eigenvalue weighted by molar-refractivity contribution is -0.121. The zero-order valence-corrected chi connectivity index (χ0v) is 18.5. The monoisotopic (exact) mass is 437 g/mol. The van der Waals surface area contributed by atoms with Gasteiger partial charge in [0.2, 0.25) is 5.91 Å². The molecule has 7 nitrogen and oxygen atoms in total. The number of carbonyl (C=O) groups excluding carboxylic acids is 2. The summed E-state index contributed by atoms with van der Waals surface area (Å²) in [6.45, 7) is 4.26. The molecule has 1 fully saturated rings. The van der Waals surface area contributed by atoms with Crippen molar-refractivity contribution in [1.29, 1.82) is 0 Å². The summed E-state index contributed by atoms with van der Waals surface area (Å²) >= 11 is 1.42. The molecule has 2 unspecified atom stereocenters. The molecule has 31 heavy (non-hydrogen) atoms. The number of urea groups is 1. The Kier molecular flexibility index (Phi) is 5.14. The predicted molar refractivity (Wildman–Crippen MR) is 122 cm³/mol. The van der Waals surface area contributed by atoms with Gasteiger partial charge in [-0.15, -0.1) is 0 Å². The molecule has 0 bridgehead atoms. The van der Waals surface area contributed by atoms with Crippen molar-refractivity contribution in [3.8, 4) is 0 Å². The van der Waals surface area contributed by atoms with E-state index in [1.54, 1.807) is 11.1 Å². The number of anilines is 2. The van der Waals surface area contributed by atoms with Crippen molar-refractivity contribution in [2.45, 2.75) is 67.4 Å². The van der Waals surface area contributed by atoms with Crippen LogP contribution in [0, 0.1) is 0 Å². The first-order valence-electron chi connectivity index (χ1n) is 10.9. The molecule has 2 aliphatic heterocycles. The van der Waals surface area contributed by atoms with E-state index in [0.29, 0.717) is 5.92 Å². The fourth-order valence-corrected chi connectivity index (χ4v) is 5.97. The second-order valence-corrected chi connectivity index (χ2v) is 9.94. The van der Waals surface area contributed by atoms with Crippen molar-refractivity contribution < 1.29 is 9.59 Å². The average Bonchev–Trinajstić information content (AvgIpc) is 3.32. The minimum atomic E-state index is -0.454. The van der Waals surface area contributed by atoms with Gasteiger partial charge in [-0.3, -0.25) is 9.69 Å². The van der Waals surface area contributed by atoms with Crippen molar-refractivity contribution >= 4 is 35.1 Å². The van der Waals surface area contributed by atoms with Crippen LogP contribution in [0.25, 0.3) is 0 Å². The number of hydrogen-bond acceptors (Lipinski definition) is 5. The van der Waals surface area contributed by atoms with Crippen LogP contribution in [0.2, 0.25) is 0 Å². The van der Waals surface area contributed by atoms with Gasteiger partial charge in [-0.25, -0.2) is 9.78 Å². The lowest BCUT2D eigenvalue weighted by atomic mass is 9.98. The number of pyridine rings is 1. The second kappa shape index (κ2) is 7.84. The molecule has 162 valence electrons. The number of hydrogen-bond donors (Lipinski definition) is 3. The largest absolute Gasteiger partial charge is 0.351 e. The zero-order chi connectivity index (χ0) is 21.7. The summed E-state index contributed by atoms with van der Waals surface area (Å²) in [7, 11) is 0. The maximum atomic E-state index is 13.2. The van der Waals surface area contributed by atoms with Gasteiger partial charge in [-0.2, -0.15) is 0 Å². The predicted octanol–water partition coefficient (Wildman–Crippen LogP) is 3.58. The average molecular weight is 438 g/mol. The van der Waals surface area contributed by atoms with Crippen LogP contribution >= 0.6 is 11.8 Å². The summed E-state index contributed by atoms with van der Waals surface area (Å²) < 4.78 is 0. The van der Waals surface area contributed by atoms with Gasteiger partial charge < -0.3 is 16.4 Å². The number of nitrogens with two attached hydrogens (primary N) is 1. The molecule has 3 amide bonds. The molecule has 4 N–H and O–H groups in total. The Morgan fingerprint density at radius 2 is 2.16 bits per heavy atom. The van der Waals surface area contributed by atoms with Gasteiger partial charge in [0.25, 0.3) is 0 Å². The maximum Gasteiger partial charge on any atom is 0.327 e. The Bertz CT molecular complexity index is 1040. The van der Waals surface area contributed by atoms with Gasteiger partial charge >= 0.3 is 6.03 Å². The normalized spacial score (nSPS) is 26.7. The zero-order valence-electron chi connectivity index (χ0n) is 17.7. The molecule has 3 heterocycles. The van der Waals surface area contributed by atoms with Crippen molar-refractivity contribution in [2.24, 2.45) is 5.73 Å². The van der Waals surface area contributed by atoms with E-state index in [-0.39, 0.29) is 24.0 Å². The lowest BCUT2D eigenvalue weighted by Gasteiger charge is -2.34. The number of thioether (sulfide) groups is 1. The third-order valence-corrected chi connectivity index (χ3v) is 7.75. The van der Waals surface area contributed by atoms with Gasteiger partial charge in [0.05, 0.1) is 17.4 Å². The highest BCUT2D eigenvalue weighted by molar-refractivity contribution is 8.01. The van der Waals surface area contributed by atoms with Gasteiger partial charge in [0, 0.05) is 23.8 Å². The molecule has 1 aliphatic carbocycles. The lowest BCUT2D eigenvalue weighted by Crippen LogP contribution is -2.52. The minimum Gasteiger partial charge on any atom is -0.351 e. The van der Waals surface area contributed by atoms with Crippen molar-refractivity contribution in [2.75, 3.05) is 4.90 Å². The second-order valence-electron chi connectivity index (χ2n) is 8.81. The van der Waals surface area contributed by atoms with E-state index in [1.807, 2.05) is 24.3 Å². The van der Waals surface area contributed by atoms with E-state index in [4.69, 9.17) is 5.73 Å². The molecule has 8 heteroatoms. The first-order valence-corrected chi connectivity index (χ1v) is 11.7. The highest BCUT2D eigenvalue weighted by Gasteiger charge is 2.47. The topological polar surface area (TPSA) is 100 Å². The molecule has 0 radical (unpaired) electrons. The van der Waals surface area contributed by atoms with Crippen molar-refractivity contribution in [3.05, 3.63) is 47.7 Å². The Morgan fingerprint density at radius 3 is 2.90 bits per heavy atom. The molecule has 0 spiro atoms. The molecule has 2 aromatic rings. The number of nitrogens with one attached hydrogen (secondary N) is 2. The van der Waals surface area contributed by atoms with Crippen LogP contribution in [0.3, 0.4) is 0 Å². The number of aromatic nitrogens is 1. The third-order valence-electron chi connectivity index (χ3n) is 6.46. The summed E-state index contributed by atoms with van der Waals surface area (Å²) in [5, 5.41) is 6.53. The third kappa shape index (κ3) is 3.47. The van der Waals surface area contributed by atoms with Crippen molar-refractivity contribution in [1.82, 2.24) is 15.6 Å². The van der Waals surface area contributed by atoms with E-state index in [1.165, 1.54) is 11.8 Å². The molecule has 1 saturated carbocycles. The van der Waals surface area contributed by atoms with Gasteiger partial charge in [0.1, 0.15) is 10.3 Å². The van der Waals surface area contributed by atoms with E-state index in [0.717, 1.165) is 46.8 Å². The summed E-state index contributed by atoms with van der Waals surface area (Å²) in [6, 6.07) is 9.25. The van der Waals surface area contributed by atoms with E-state index >= 15 is 0 Å². The molecule has 1 aromatic heterocycles. The fourth-order valence-electron chi connectivity index (χ4n) is 4.74. The standard InChI is InChI=1S/C23H27N5O2S/c1-12(2)13-5-3-6-14(11-13)28-17-9-10-25-22-18(17)19(27-23(28)30)20(31-22)21(29)26-16-8-4-7-15(16)24/h3,5-6,9-12,15-16,19-20H,4,7-8,24H2,1-2H3,(H,26,29)(H,27,30)/t15-,16+,19?,20?/m0/s1. The Morgan fingerprint density at radius 1 is 1.32 bits per heavy atom. The number of benzene rings is 1. The molecule has 1 aromatic carbocycles. The minimum absolute atomic E-state index is 0.00111. The highest BCUT2D eigenvalue weighted by Crippen LogP contribution is 2.50. The van der Waals surface area contributed by atoms with Crippen LogP contribution in [-0.2, 0) is 4.79 Å². The van der Waals surface area contributed by atoms with E-state index in [2.05, 4.69) is 35.5 Å². The number of carbonyl (C=O) groups is 2. The summed E-state index contributed by atoms with van der Waals surface area (Å²) in [5.41, 5.74) is 9.82. The molecule has 5 rings (SSSR count). The molecular weight excluding hydrogens is 410 g/mol. The number of nitrogens with zero attached hydrogens (tertiary/aromatic N) is 2. The number of rotatable bonds is 4. The van der Waals surface area contributed by atoms with Crippen LogP contribution < -0.4 is 21.3 Å². The maximum absolute atomic E-state index is 13.2. The first-order chi connectivity index (χ1) is 14.9. The van der Waals surface area contributed by atoms with Crippen LogP contribution in [0.5, 0.6) is 0 Å². The summed E-state index contributed by atoms with van der Waals surface area (Å²) in [4.78, 5) is 32.5. The molecule has 0 saturated heterocycles. The SMILES string of the molecule is CC(C)c1cccc(N2C(=O)NC3c4c2ccnc4SC3C(=O)N[C@@H]2CCC[C@@H]2N)c1. The van der Waals surface area contributed by atoms with Crippen LogP contribution in [0.4, 0.5) is 16.2 Å². The molecular formula is C23H27N5O2S. The van der Waals surface area contributed by atoms with E-state index in [9.17, 15) is 9.59 Å². The van der Waals surface area contributed by atoms with E-state index < -0.39 is 11.3 Å². The Balaban J connectivity index is 1.47. The van der Waals surface area contributed by atoms with Gasteiger partial charge in [-0.1, -0.05) is 37.7 Å². The van der Waals surface area contributed by atoms with Gasteiger partial charge in [-0.05, 0) is 48.9 Å². The highest BCUT2D eigenvalue weighted by atomic mass is 32.2. The Hall–Kier alpha value is -2.58. The molecule has 4 atom stereocenters. The number of amides is 3. The van der Waals surface area contributed by atoms with Crippen LogP contribution in [-0.4, -0.2) is 34.3 Å². The molecule has 3 aliphatic rings. The van der Waals surface area contributed by atoms with Crippen molar-refractivity contribution in [3.63, 3.8) is 0 Å². The summed E-state index contributed by atoms with van der Waals surface area (Å²) in [5.74, 6) is 0.270. The van der Waals surface area contributed by atoms with Crippen LogP contribution in [0.15, 0.2) is 41.6 Å². The smallest absolute Gasteiger partial charge is 0.327 e.